The molecule has 6 nitrogen and oxygen atoms in total. The number of nitrogens with one attached hydrogen (secondary N) is 1. The van der Waals surface area contributed by atoms with Crippen molar-refractivity contribution in [3.05, 3.63) is 65.2 Å². The first-order chi connectivity index (χ1) is 14.0. The molecule has 1 aliphatic rings. The van der Waals surface area contributed by atoms with Crippen molar-refractivity contribution in [1.82, 2.24) is 9.80 Å². The van der Waals surface area contributed by atoms with E-state index >= 15 is 0 Å². The molecule has 29 heavy (non-hydrogen) atoms. The fraction of sp³-hybridized carbons (Fsp3) is 0.391. The van der Waals surface area contributed by atoms with Crippen molar-refractivity contribution in [3.8, 4) is 0 Å². The Kier molecular flexibility index (Phi) is 7.25. The summed E-state index contributed by atoms with van der Waals surface area (Å²) < 4.78 is 0. The van der Waals surface area contributed by atoms with E-state index in [0.29, 0.717) is 6.54 Å². The van der Waals surface area contributed by atoms with Crippen LogP contribution in [0.3, 0.4) is 0 Å². The van der Waals surface area contributed by atoms with E-state index < -0.39 is 5.97 Å². The molecule has 0 bridgehead atoms. The second-order valence-corrected chi connectivity index (χ2v) is 7.46. The lowest BCUT2D eigenvalue weighted by molar-refractivity contribution is 0.0697. The Balaban J connectivity index is 1.74. The summed E-state index contributed by atoms with van der Waals surface area (Å²) in [5.74, 6) is -0.0818. The van der Waals surface area contributed by atoms with E-state index in [-0.39, 0.29) is 5.56 Å². The summed E-state index contributed by atoms with van der Waals surface area (Å²) in [6.07, 6.45) is 1.17. The number of piperazine rings is 1. The molecule has 0 atom stereocenters. The van der Waals surface area contributed by atoms with E-state index in [0.717, 1.165) is 44.4 Å². The Hall–Kier alpha value is -2.86. The summed E-state index contributed by atoms with van der Waals surface area (Å²) in [5.41, 5.74) is 3.53. The molecule has 0 aliphatic carbocycles. The molecule has 0 radical (unpaired) electrons. The summed E-state index contributed by atoms with van der Waals surface area (Å²) in [4.78, 5) is 20.7. The van der Waals surface area contributed by atoms with Gasteiger partial charge in [0.15, 0.2) is 5.96 Å². The number of aryl methyl sites for hydroxylation is 1. The number of hydrogen-bond donors (Lipinski definition) is 2. The summed E-state index contributed by atoms with van der Waals surface area (Å²) in [6.45, 7) is 9.92. The zero-order chi connectivity index (χ0) is 20.6. The van der Waals surface area contributed by atoms with E-state index in [1.807, 2.05) is 0 Å². The molecule has 1 heterocycles. The molecule has 6 heteroatoms. The number of guanidine groups is 1. The van der Waals surface area contributed by atoms with Crippen LogP contribution in [-0.4, -0.2) is 59.6 Å². The highest BCUT2D eigenvalue weighted by Crippen LogP contribution is 2.13. The maximum atomic E-state index is 11.1. The van der Waals surface area contributed by atoms with Gasteiger partial charge in [-0.2, -0.15) is 0 Å². The van der Waals surface area contributed by atoms with Crippen molar-refractivity contribution in [1.29, 1.82) is 0 Å². The molecular weight excluding hydrogens is 364 g/mol. The van der Waals surface area contributed by atoms with Gasteiger partial charge in [-0.3, -0.25) is 4.90 Å². The maximum absolute atomic E-state index is 11.1. The lowest BCUT2D eigenvalue weighted by Crippen LogP contribution is -2.50. The Morgan fingerprint density at radius 2 is 1.69 bits per heavy atom. The lowest BCUT2D eigenvalue weighted by Gasteiger charge is -2.36. The van der Waals surface area contributed by atoms with Gasteiger partial charge in [0, 0.05) is 31.9 Å². The molecule has 0 spiro atoms. The van der Waals surface area contributed by atoms with Crippen LogP contribution in [0, 0.1) is 6.92 Å². The zero-order valence-corrected chi connectivity index (χ0v) is 17.3. The molecule has 0 amide bonds. The molecule has 2 N–H and O–H groups in total. The van der Waals surface area contributed by atoms with Crippen molar-refractivity contribution >= 4 is 17.6 Å². The van der Waals surface area contributed by atoms with Gasteiger partial charge in [-0.1, -0.05) is 36.8 Å². The molecule has 154 valence electrons. The highest BCUT2D eigenvalue weighted by atomic mass is 16.4. The van der Waals surface area contributed by atoms with Crippen LogP contribution < -0.4 is 5.32 Å². The normalized spacial score (nSPS) is 15.4. The van der Waals surface area contributed by atoms with E-state index in [1.54, 1.807) is 24.3 Å². The number of benzene rings is 2. The molecule has 2 aromatic carbocycles. The zero-order valence-electron chi connectivity index (χ0n) is 17.3. The molecular formula is C23H30N4O2. The van der Waals surface area contributed by atoms with Crippen LogP contribution in [-0.2, 0) is 6.54 Å². The Labute approximate surface area is 172 Å². The van der Waals surface area contributed by atoms with Gasteiger partial charge in [0.2, 0.25) is 0 Å². The molecule has 0 aromatic heterocycles. The summed E-state index contributed by atoms with van der Waals surface area (Å²) in [5, 5.41) is 12.5. The van der Waals surface area contributed by atoms with Gasteiger partial charge in [-0.25, -0.2) is 9.79 Å². The van der Waals surface area contributed by atoms with Gasteiger partial charge in [-0.05, 0) is 49.7 Å². The van der Waals surface area contributed by atoms with Crippen molar-refractivity contribution < 1.29 is 9.90 Å². The highest BCUT2D eigenvalue weighted by Gasteiger charge is 2.19. The number of hydrogen-bond acceptors (Lipinski definition) is 3. The summed E-state index contributed by atoms with van der Waals surface area (Å²) in [7, 11) is 0. The first-order valence-electron chi connectivity index (χ1n) is 10.2. The fourth-order valence-corrected chi connectivity index (χ4v) is 3.40. The van der Waals surface area contributed by atoms with E-state index in [2.05, 4.69) is 53.2 Å². The average Bonchev–Trinajstić information content (AvgIpc) is 2.73. The number of carboxylic acids is 1. The lowest BCUT2D eigenvalue weighted by atomic mass is 10.1. The van der Waals surface area contributed by atoms with Crippen molar-refractivity contribution in [3.63, 3.8) is 0 Å². The number of aromatic carboxylic acids is 1. The van der Waals surface area contributed by atoms with Crippen LogP contribution in [0.15, 0.2) is 53.5 Å². The standard InChI is InChI=1S/C23H30N4O2/c1-3-12-26-13-15-27(16-14-26)23(24-17-19-6-4-18(2)5-7-19)25-21-10-8-20(9-11-21)22(28)29/h4-11H,3,12-17H2,1-2H3,(H,24,25)(H,28,29). The average molecular weight is 395 g/mol. The maximum Gasteiger partial charge on any atom is 0.335 e. The predicted octanol–water partition coefficient (Wildman–Crippen LogP) is 3.69. The largest absolute Gasteiger partial charge is 0.478 e. The van der Waals surface area contributed by atoms with Crippen LogP contribution in [0.2, 0.25) is 0 Å². The van der Waals surface area contributed by atoms with Crippen LogP contribution in [0.25, 0.3) is 0 Å². The molecule has 3 rings (SSSR count). The summed E-state index contributed by atoms with van der Waals surface area (Å²) >= 11 is 0. The van der Waals surface area contributed by atoms with Crippen LogP contribution in [0.4, 0.5) is 5.69 Å². The third kappa shape index (κ3) is 6.06. The first kappa shape index (κ1) is 20.9. The quantitative estimate of drug-likeness (QED) is 0.578. The Morgan fingerprint density at radius 1 is 1.03 bits per heavy atom. The minimum atomic E-state index is -0.920. The Morgan fingerprint density at radius 3 is 2.28 bits per heavy atom. The van der Waals surface area contributed by atoms with Crippen LogP contribution >= 0.6 is 0 Å². The van der Waals surface area contributed by atoms with Gasteiger partial charge in [0.1, 0.15) is 0 Å². The van der Waals surface area contributed by atoms with Gasteiger partial charge in [-0.15, -0.1) is 0 Å². The fourth-order valence-electron chi connectivity index (χ4n) is 3.40. The van der Waals surface area contributed by atoms with E-state index in [9.17, 15) is 4.79 Å². The van der Waals surface area contributed by atoms with Crippen molar-refractivity contribution in [2.45, 2.75) is 26.8 Å². The molecule has 0 unspecified atom stereocenters. The van der Waals surface area contributed by atoms with E-state index in [4.69, 9.17) is 10.1 Å². The molecule has 1 aliphatic heterocycles. The van der Waals surface area contributed by atoms with Gasteiger partial charge >= 0.3 is 5.97 Å². The van der Waals surface area contributed by atoms with Crippen LogP contribution in [0.1, 0.15) is 34.8 Å². The summed E-state index contributed by atoms with van der Waals surface area (Å²) in [6, 6.07) is 15.2. The van der Waals surface area contributed by atoms with Gasteiger partial charge < -0.3 is 15.3 Å². The topological polar surface area (TPSA) is 68.2 Å². The predicted molar refractivity (Wildman–Crippen MR) is 118 cm³/mol. The minimum absolute atomic E-state index is 0.280. The monoisotopic (exact) mass is 394 g/mol. The van der Waals surface area contributed by atoms with E-state index in [1.165, 1.54) is 17.5 Å². The number of anilines is 1. The first-order valence-corrected chi connectivity index (χ1v) is 10.2. The smallest absolute Gasteiger partial charge is 0.335 e. The minimum Gasteiger partial charge on any atom is -0.478 e. The van der Waals surface area contributed by atoms with Gasteiger partial charge in [0.05, 0.1) is 12.1 Å². The molecule has 1 fully saturated rings. The number of nitrogens with zero attached hydrogens (tertiary/aromatic N) is 3. The second kappa shape index (κ2) is 10.1. The van der Waals surface area contributed by atoms with Crippen molar-refractivity contribution in [2.24, 2.45) is 4.99 Å². The Bertz CT molecular complexity index is 823. The number of carbonyl (C=O) groups is 1. The molecule has 2 aromatic rings. The third-order valence-corrected chi connectivity index (χ3v) is 5.13. The molecule has 0 saturated carbocycles. The number of aliphatic imine (C=N–C) groups is 1. The number of rotatable bonds is 6. The second-order valence-electron chi connectivity index (χ2n) is 7.46. The third-order valence-electron chi connectivity index (χ3n) is 5.13. The number of carboxylic acid groups (broad SMARTS) is 1. The highest BCUT2D eigenvalue weighted by molar-refractivity contribution is 5.94. The van der Waals surface area contributed by atoms with Crippen molar-refractivity contribution in [2.75, 3.05) is 38.0 Å². The SMILES string of the molecule is CCCN1CCN(C(=NCc2ccc(C)cc2)Nc2ccc(C(=O)O)cc2)CC1. The van der Waals surface area contributed by atoms with Crippen LogP contribution in [0.5, 0.6) is 0 Å². The molecule has 1 saturated heterocycles. The van der Waals surface area contributed by atoms with Gasteiger partial charge in [0.25, 0.3) is 0 Å².